The van der Waals surface area contributed by atoms with Crippen molar-refractivity contribution in [3.05, 3.63) is 29.8 Å². The minimum absolute atomic E-state index is 0.0158. The average Bonchev–Trinajstić information content (AvgIpc) is 2.31. The van der Waals surface area contributed by atoms with Crippen LogP contribution in [0.5, 0.6) is 5.75 Å². The van der Waals surface area contributed by atoms with Gasteiger partial charge in [0, 0.05) is 0 Å². The van der Waals surface area contributed by atoms with Crippen LogP contribution in [0.1, 0.15) is 38.7 Å². The molecule has 0 spiro atoms. The van der Waals surface area contributed by atoms with Gasteiger partial charge in [-0.1, -0.05) is 32.4 Å². The summed E-state index contributed by atoms with van der Waals surface area (Å²) in [6.45, 7) is 4.21. The van der Waals surface area contributed by atoms with E-state index in [0.29, 0.717) is 6.42 Å². The summed E-state index contributed by atoms with van der Waals surface area (Å²) in [5.74, 6) is 0.863. The summed E-state index contributed by atoms with van der Waals surface area (Å²) in [6, 6.07) is 10.3. The van der Waals surface area contributed by atoms with Crippen LogP contribution in [0.2, 0.25) is 0 Å². The molecule has 16 heavy (non-hydrogen) atoms. The van der Waals surface area contributed by atoms with Crippen LogP contribution < -0.4 is 4.74 Å². The van der Waals surface area contributed by atoms with E-state index in [1.165, 1.54) is 5.56 Å². The standard InChI is InChI=1S/C14H19NO/c1-3-5-12-6-8-14(9-7-12)16-13(4-2)10-11-15/h6-9,13H,3-5,10H2,1-2H3. The third-order valence-electron chi connectivity index (χ3n) is 2.54. The molecular formula is C14H19NO. The summed E-state index contributed by atoms with van der Waals surface area (Å²) in [7, 11) is 0. The van der Waals surface area contributed by atoms with Crippen molar-refractivity contribution >= 4 is 0 Å². The van der Waals surface area contributed by atoms with E-state index in [4.69, 9.17) is 10.00 Å². The predicted molar refractivity (Wildman–Crippen MR) is 65.4 cm³/mol. The van der Waals surface area contributed by atoms with Crippen molar-refractivity contribution in [1.29, 1.82) is 5.26 Å². The van der Waals surface area contributed by atoms with E-state index in [0.717, 1.165) is 25.0 Å². The molecule has 1 rings (SSSR count). The molecule has 2 nitrogen and oxygen atoms in total. The average molecular weight is 217 g/mol. The number of nitriles is 1. The van der Waals surface area contributed by atoms with Gasteiger partial charge in [0.2, 0.25) is 0 Å². The van der Waals surface area contributed by atoms with Gasteiger partial charge in [-0.15, -0.1) is 0 Å². The van der Waals surface area contributed by atoms with Crippen molar-refractivity contribution in [3.8, 4) is 11.8 Å². The fraction of sp³-hybridized carbons (Fsp3) is 0.500. The van der Waals surface area contributed by atoms with E-state index in [1.54, 1.807) is 0 Å². The first-order chi connectivity index (χ1) is 7.80. The third kappa shape index (κ3) is 3.94. The molecular weight excluding hydrogens is 198 g/mol. The maximum atomic E-state index is 8.63. The molecule has 1 atom stereocenters. The predicted octanol–water partition coefficient (Wildman–Crippen LogP) is 3.71. The molecule has 0 bridgehead atoms. The van der Waals surface area contributed by atoms with Gasteiger partial charge in [0.25, 0.3) is 0 Å². The van der Waals surface area contributed by atoms with E-state index in [9.17, 15) is 0 Å². The van der Waals surface area contributed by atoms with Crippen molar-refractivity contribution in [3.63, 3.8) is 0 Å². The fourth-order valence-corrected chi connectivity index (χ4v) is 1.59. The Morgan fingerprint density at radius 1 is 1.25 bits per heavy atom. The first-order valence-electron chi connectivity index (χ1n) is 5.92. The molecule has 0 amide bonds. The lowest BCUT2D eigenvalue weighted by atomic mass is 10.1. The van der Waals surface area contributed by atoms with Crippen molar-refractivity contribution in [2.45, 2.75) is 45.6 Å². The summed E-state index contributed by atoms with van der Waals surface area (Å²) in [6.07, 6.45) is 3.60. The van der Waals surface area contributed by atoms with Crippen molar-refractivity contribution < 1.29 is 4.74 Å². The van der Waals surface area contributed by atoms with E-state index in [1.807, 2.05) is 19.1 Å². The van der Waals surface area contributed by atoms with Gasteiger partial charge in [0.15, 0.2) is 0 Å². The molecule has 0 saturated carbocycles. The minimum Gasteiger partial charge on any atom is -0.489 e. The molecule has 1 unspecified atom stereocenters. The quantitative estimate of drug-likeness (QED) is 0.727. The van der Waals surface area contributed by atoms with Crippen molar-refractivity contribution in [1.82, 2.24) is 0 Å². The van der Waals surface area contributed by atoms with Crippen LogP contribution in [0, 0.1) is 11.3 Å². The van der Waals surface area contributed by atoms with Crippen LogP contribution in [0.3, 0.4) is 0 Å². The lowest BCUT2D eigenvalue weighted by molar-refractivity contribution is 0.202. The van der Waals surface area contributed by atoms with Crippen LogP contribution in [0.15, 0.2) is 24.3 Å². The van der Waals surface area contributed by atoms with Gasteiger partial charge in [0.1, 0.15) is 11.9 Å². The normalized spacial score (nSPS) is 11.8. The van der Waals surface area contributed by atoms with E-state index in [-0.39, 0.29) is 6.10 Å². The second-order valence-corrected chi connectivity index (χ2v) is 3.90. The molecule has 0 aliphatic carbocycles. The summed E-state index contributed by atoms with van der Waals surface area (Å²) in [5.41, 5.74) is 1.34. The molecule has 0 aromatic heterocycles. The lowest BCUT2D eigenvalue weighted by Gasteiger charge is -2.14. The number of nitrogens with zero attached hydrogens (tertiary/aromatic N) is 1. The Kier molecular flexibility index (Phi) is 5.42. The van der Waals surface area contributed by atoms with Gasteiger partial charge in [-0.3, -0.25) is 0 Å². The number of ether oxygens (including phenoxy) is 1. The zero-order valence-corrected chi connectivity index (χ0v) is 10.1. The van der Waals surface area contributed by atoms with Gasteiger partial charge in [-0.05, 0) is 30.5 Å². The van der Waals surface area contributed by atoms with E-state index < -0.39 is 0 Å². The number of hydrogen-bond acceptors (Lipinski definition) is 2. The van der Waals surface area contributed by atoms with Gasteiger partial charge >= 0.3 is 0 Å². The largest absolute Gasteiger partial charge is 0.489 e. The van der Waals surface area contributed by atoms with E-state index in [2.05, 4.69) is 25.1 Å². The molecule has 0 radical (unpaired) electrons. The molecule has 0 heterocycles. The second-order valence-electron chi connectivity index (χ2n) is 3.90. The maximum absolute atomic E-state index is 8.63. The molecule has 0 aliphatic heterocycles. The van der Waals surface area contributed by atoms with Crippen LogP contribution in [0.4, 0.5) is 0 Å². The minimum atomic E-state index is 0.0158. The van der Waals surface area contributed by atoms with Crippen LogP contribution in [0.25, 0.3) is 0 Å². The van der Waals surface area contributed by atoms with Crippen LogP contribution in [-0.4, -0.2) is 6.10 Å². The highest BCUT2D eigenvalue weighted by Crippen LogP contribution is 2.16. The summed E-state index contributed by atoms with van der Waals surface area (Å²) >= 11 is 0. The van der Waals surface area contributed by atoms with Gasteiger partial charge in [-0.25, -0.2) is 0 Å². The second kappa shape index (κ2) is 6.90. The maximum Gasteiger partial charge on any atom is 0.119 e. The Morgan fingerprint density at radius 3 is 2.44 bits per heavy atom. The number of hydrogen-bond donors (Lipinski definition) is 0. The molecule has 1 aromatic carbocycles. The lowest BCUT2D eigenvalue weighted by Crippen LogP contribution is -2.14. The first-order valence-corrected chi connectivity index (χ1v) is 5.92. The first kappa shape index (κ1) is 12.6. The number of rotatable bonds is 6. The Hall–Kier alpha value is -1.49. The molecule has 0 saturated heterocycles. The van der Waals surface area contributed by atoms with Gasteiger partial charge < -0.3 is 4.74 Å². The highest BCUT2D eigenvalue weighted by atomic mass is 16.5. The Morgan fingerprint density at radius 2 is 1.94 bits per heavy atom. The monoisotopic (exact) mass is 217 g/mol. The molecule has 1 aromatic rings. The Balaban J connectivity index is 2.57. The van der Waals surface area contributed by atoms with Gasteiger partial charge in [0.05, 0.1) is 12.5 Å². The molecule has 86 valence electrons. The van der Waals surface area contributed by atoms with E-state index >= 15 is 0 Å². The number of benzene rings is 1. The summed E-state index contributed by atoms with van der Waals surface area (Å²) in [5, 5.41) is 8.63. The highest BCUT2D eigenvalue weighted by molar-refractivity contribution is 5.27. The smallest absolute Gasteiger partial charge is 0.119 e. The van der Waals surface area contributed by atoms with Crippen molar-refractivity contribution in [2.24, 2.45) is 0 Å². The zero-order valence-electron chi connectivity index (χ0n) is 10.1. The fourth-order valence-electron chi connectivity index (χ4n) is 1.59. The highest BCUT2D eigenvalue weighted by Gasteiger charge is 2.06. The Labute approximate surface area is 97.9 Å². The molecule has 0 N–H and O–H groups in total. The van der Waals surface area contributed by atoms with Crippen LogP contribution >= 0.6 is 0 Å². The Bertz CT molecular complexity index is 337. The summed E-state index contributed by atoms with van der Waals surface area (Å²) < 4.78 is 5.71. The molecule has 0 fully saturated rings. The van der Waals surface area contributed by atoms with Crippen LogP contribution in [-0.2, 0) is 6.42 Å². The number of aryl methyl sites for hydroxylation is 1. The summed E-state index contributed by atoms with van der Waals surface area (Å²) in [4.78, 5) is 0. The molecule has 0 aliphatic rings. The molecule has 2 heteroatoms. The zero-order chi connectivity index (χ0) is 11.8. The topological polar surface area (TPSA) is 33.0 Å². The SMILES string of the molecule is CCCc1ccc(OC(CC)CC#N)cc1. The van der Waals surface area contributed by atoms with Gasteiger partial charge in [-0.2, -0.15) is 5.26 Å². The van der Waals surface area contributed by atoms with Crippen molar-refractivity contribution in [2.75, 3.05) is 0 Å². The third-order valence-corrected chi connectivity index (χ3v) is 2.54.